The maximum atomic E-state index is 11.9. The number of carboxylic acids is 1. The molecule has 0 bridgehead atoms. The molecule has 1 fully saturated rings. The Hall–Kier alpha value is -1.34. The van der Waals surface area contributed by atoms with E-state index < -0.39 is 17.9 Å². The monoisotopic (exact) mass is 274 g/mol. The number of rotatable bonds is 6. The summed E-state index contributed by atoms with van der Waals surface area (Å²) in [6.07, 6.45) is -0.0718. The quantitative estimate of drug-likeness (QED) is 0.720. The molecule has 110 valence electrons. The summed E-state index contributed by atoms with van der Waals surface area (Å²) in [6.45, 7) is 5.13. The lowest BCUT2D eigenvalue weighted by Crippen LogP contribution is -2.49. The van der Waals surface area contributed by atoms with Gasteiger partial charge in [-0.1, -0.05) is 0 Å². The molecule has 19 heavy (non-hydrogen) atoms. The van der Waals surface area contributed by atoms with Gasteiger partial charge in [-0.2, -0.15) is 0 Å². The zero-order valence-corrected chi connectivity index (χ0v) is 11.6. The van der Waals surface area contributed by atoms with Gasteiger partial charge in [0.25, 0.3) is 0 Å². The van der Waals surface area contributed by atoms with Crippen LogP contribution in [0.15, 0.2) is 0 Å². The first-order valence-corrected chi connectivity index (χ1v) is 6.40. The summed E-state index contributed by atoms with van der Waals surface area (Å²) in [5.41, 5.74) is 0. The highest BCUT2D eigenvalue weighted by atomic mass is 16.5. The molecule has 0 saturated carbocycles. The topological polar surface area (TPSA) is 88.1 Å². The number of carbonyl (C=O) groups excluding carboxylic acids is 1. The van der Waals surface area contributed by atoms with Crippen molar-refractivity contribution in [2.45, 2.75) is 26.0 Å². The second kappa shape index (κ2) is 7.30. The lowest BCUT2D eigenvalue weighted by atomic mass is 10.0. The number of carbonyl (C=O) groups is 2. The van der Waals surface area contributed by atoms with Gasteiger partial charge in [-0.15, -0.1) is 0 Å². The fraction of sp³-hybridized carbons (Fsp3) is 0.833. The molecule has 0 aromatic rings. The third-order valence-corrected chi connectivity index (χ3v) is 3.18. The number of hydrogen-bond donors (Lipinski definition) is 2. The number of amides is 2. The Morgan fingerprint density at radius 2 is 2.21 bits per heavy atom. The third kappa shape index (κ3) is 4.36. The molecule has 1 rings (SSSR count). The Labute approximate surface area is 112 Å². The van der Waals surface area contributed by atoms with E-state index in [0.29, 0.717) is 13.2 Å². The number of aliphatic carboxylic acids is 1. The van der Waals surface area contributed by atoms with Crippen LogP contribution < -0.4 is 5.32 Å². The number of ether oxygens (including phenoxy) is 2. The van der Waals surface area contributed by atoms with Gasteiger partial charge in [-0.3, -0.25) is 4.79 Å². The minimum absolute atomic E-state index is 0.0718. The summed E-state index contributed by atoms with van der Waals surface area (Å²) >= 11 is 0. The fourth-order valence-electron chi connectivity index (χ4n) is 2.01. The second-order valence-electron chi connectivity index (χ2n) is 4.61. The molecule has 7 heteroatoms. The summed E-state index contributed by atoms with van der Waals surface area (Å²) in [5, 5.41) is 11.8. The molecule has 2 amide bonds. The number of hydrogen-bond acceptors (Lipinski definition) is 4. The Kier molecular flexibility index (Phi) is 6.04. The molecule has 1 aliphatic heterocycles. The fourth-order valence-corrected chi connectivity index (χ4v) is 2.01. The number of nitrogens with one attached hydrogen (secondary N) is 1. The molecule has 3 atom stereocenters. The third-order valence-electron chi connectivity index (χ3n) is 3.18. The van der Waals surface area contributed by atoms with Crippen LogP contribution in [0.25, 0.3) is 0 Å². The molecule has 0 aromatic heterocycles. The number of urea groups is 1. The molecule has 2 N–H and O–H groups in total. The molecule has 1 heterocycles. The minimum atomic E-state index is -0.940. The van der Waals surface area contributed by atoms with Crippen molar-refractivity contribution in [2.24, 2.45) is 5.92 Å². The molecule has 1 aliphatic rings. The van der Waals surface area contributed by atoms with Crippen molar-refractivity contribution < 1.29 is 24.2 Å². The summed E-state index contributed by atoms with van der Waals surface area (Å²) in [6, 6.07) is -0.742. The van der Waals surface area contributed by atoms with Crippen LogP contribution in [-0.4, -0.2) is 67.6 Å². The average Bonchev–Trinajstić information content (AvgIpc) is 2.84. The van der Waals surface area contributed by atoms with Crippen LogP contribution in [0, 0.1) is 5.92 Å². The summed E-state index contributed by atoms with van der Waals surface area (Å²) in [5.74, 6) is -1.61. The van der Waals surface area contributed by atoms with Gasteiger partial charge in [0.05, 0.1) is 25.4 Å². The Morgan fingerprint density at radius 1 is 1.53 bits per heavy atom. The zero-order chi connectivity index (χ0) is 14.4. The van der Waals surface area contributed by atoms with Gasteiger partial charge in [-0.05, 0) is 13.8 Å². The smallest absolute Gasteiger partial charge is 0.317 e. The lowest BCUT2D eigenvalue weighted by molar-refractivity contribution is -0.142. The van der Waals surface area contributed by atoms with Crippen molar-refractivity contribution in [2.75, 3.05) is 33.4 Å². The molecular weight excluding hydrogens is 252 g/mol. The summed E-state index contributed by atoms with van der Waals surface area (Å²) < 4.78 is 10.4. The van der Waals surface area contributed by atoms with E-state index in [0.717, 1.165) is 0 Å². The van der Waals surface area contributed by atoms with E-state index in [4.69, 9.17) is 14.6 Å². The van der Waals surface area contributed by atoms with Crippen LogP contribution in [0.1, 0.15) is 13.8 Å². The van der Waals surface area contributed by atoms with E-state index in [1.165, 1.54) is 4.90 Å². The summed E-state index contributed by atoms with van der Waals surface area (Å²) in [4.78, 5) is 24.3. The highest BCUT2D eigenvalue weighted by molar-refractivity contribution is 5.77. The van der Waals surface area contributed by atoms with Crippen LogP contribution in [0.5, 0.6) is 0 Å². The molecular formula is C12H22N2O5. The van der Waals surface area contributed by atoms with Gasteiger partial charge in [0, 0.05) is 20.2 Å². The van der Waals surface area contributed by atoms with Crippen molar-refractivity contribution in [3.05, 3.63) is 0 Å². The number of likely N-dealkylation sites (N-methyl/N-ethyl adjacent to an activating group) is 1. The van der Waals surface area contributed by atoms with Crippen LogP contribution in [0.4, 0.5) is 4.79 Å². The lowest BCUT2D eigenvalue weighted by Gasteiger charge is -2.27. The van der Waals surface area contributed by atoms with Crippen molar-refractivity contribution in [3.8, 4) is 0 Å². The Morgan fingerprint density at radius 3 is 2.79 bits per heavy atom. The maximum absolute atomic E-state index is 11.9. The molecule has 3 unspecified atom stereocenters. The summed E-state index contributed by atoms with van der Waals surface area (Å²) in [7, 11) is 1.58. The SMILES string of the molecule is CCOC(C)CNC(=O)N(C)C1COCC1C(=O)O. The first-order valence-electron chi connectivity index (χ1n) is 6.40. The zero-order valence-electron chi connectivity index (χ0n) is 11.6. The Bertz CT molecular complexity index is 323. The standard InChI is InChI=1S/C12H22N2O5/c1-4-19-8(2)5-13-12(17)14(3)10-7-18-6-9(10)11(15)16/h8-10H,4-7H2,1-3H3,(H,13,17)(H,15,16). The first kappa shape index (κ1) is 15.7. The highest BCUT2D eigenvalue weighted by Gasteiger charge is 2.38. The van der Waals surface area contributed by atoms with Crippen LogP contribution >= 0.6 is 0 Å². The Balaban J connectivity index is 2.45. The number of carboxylic acid groups (broad SMARTS) is 1. The van der Waals surface area contributed by atoms with Gasteiger partial charge in [0.2, 0.25) is 0 Å². The van der Waals surface area contributed by atoms with E-state index in [1.807, 2.05) is 13.8 Å². The van der Waals surface area contributed by atoms with Crippen LogP contribution in [-0.2, 0) is 14.3 Å². The van der Waals surface area contributed by atoms with E-state index in [-0.39, 0.29) is 25.3 Å². The predicted octanol–water partition coefficient (Wildman–Crippen LogP) is 0.152. The van der Waals surface area contributed by atoms with Crippen molar-refractivity contribution in [1.29, 1.82) is 0 Å². The van der Waals surface area contributed by atoms with E-state index >= 15 is 0 Å². The van der Waals surface area contributed by atoms with Gasteiger partial charge in [-0.25, -0.2) is 4.79 Å². The molecule has 0 aromatic carbocycles. The second-order valence-corrected chi connectivity index (χ2v) is 4.61. The van der Waals surface area contributed by atoms with Crippen molar-refractivity contribution in [3.63, 3.8) is 0 Å². The minimum Gasteiger partial charge on any atom is -0.481 e. The van der Waals surface area contributed by atoms with Gasteiger partial charge in [0.1, 0.15) is 5.92 Å². The maximum Gasteiger partial charge on any atom is 0.317 e. The molecule has 0 radical (unpaired) electrons. The normalized spacial score (nSPS) is 23.9. The van der Waals surface area contributed by atoms with E-state index in [1.54, 1.807) is 7.05 Å². The van der Waals surface area contributed by atoms with Crippen molar-refractivity contribution in [1.82, 2.24) is 10.2 Å². The molecule has 0 aliphatic carbocycles. The number of nitrogens with zero attached hydrogens (tertiary/aromatic N) is 1. The van der Waals surface area contributed by atoms with E-state index in [2.05, 4.69) is 5.32 Å². The van der Waals surface area contributed by atoms with Crippen molar-refractivity contribution >= 4 is 12.0 Å². The van der Waals surface area contributed by atoms with Gasteiger partial charge >= 0.3 is 12.0 Å². The highest BCUT2D eigenvalue weighted by Crippen LogP contribution is 2.18. The van der Waals surface area contributed by atoms with Gasteiger partial charge < -0.3 is 24.8 Å². The van der Waals surface area contributed by atoms with E-state index in [9.17, 15) is 9.59 Å². The largest absolute Gasteiger partial charge is 0.481 e. The average molecular weight is 274 g/mol. The van der Waals surface area contributed by atoms with Gasteiger partial charge in [0.15, 0.2) is 0 Å². The molecule has 1 saturated heterocycles. The van der Waals surface area contributed by atoms with Crippen LogP contribution in [0.3, 0.4) is 0 Å². The predicted molar refractivity (Wildman–Crippen MR) is 68.0 cm³/mol. The van der Waals surface area contributed by atoms with Crippen LogP contribution in [0.2, 0.25) is 0 Å². The molecule has 0 spiro atoms. The first-order chi connectivity index (χ1) is 8.97. The molecule has 7 nitrogen and oxygen atoms in total.